The van der Waals surface area contributed by atoms with Crippen molar-refractivity contribution in [2.45, 2.75) is 95.0 Å². The quantitative estimate of drug-likeness (QED) is 0.201. The van der Waals surface area contributed by atoms with E-state index in [9.17, 15) is 39.6 Å². The topological polar surface area (TPSA) is 231 Å². The summed E-state index contributed by atoms with van der Waals surface area (Å²) in [5, 5.41) is 51.6. The molecule has 0 aromatic heterocycles. The van der Waals surface area contributed by atoms with Crippen LogP contribution in [0.2, 0.25) is 0 Å². The molecule has 1 aromatic rings. The van der Waals surface area contributed by atoms with E-state index in [2.05, 4.69) is 16.0 Å². The van der Waals surface area contributed by atoms with Crippen LogP contribution >= 0.6 is 0 Å². The number of carbonyl (C=O) groups excluding carboxylic acids is 3. The first-order valence-electron chi connectivity index (χ1n) is 17.7. The van der Waals surface area contributed by atoms with Gasteiger partial charge in [-0.1, -0.05) is 12.2 Å². The van der Waals surface area contributed by atoms with Crippen molar-refractivity contribution >= 4 is 23.7 Å². The van der Waals surface area contributed by atoms with E-state index in [1.165, 1.54) is 13.0 Å². The predicted molar refractivity (Wildman–Crippen MR) is 185 cm³/mol. The second-order valence-electron chi connectivity index (χ2n) is 13.7. The van der Waals surface area contributed by atoms with Crippen molar-refractivity contribution in [3.63, 3.8) is 0 Å². The second kappa shape index (κ2) is 19.4. The van der Waals surface area contributed by atoms with E-state index in [-0.39, 0.29) is 43.6 Å². The lowest BCUT2D eigenvalue weighted by Crippen LogP contribution is -2.67. The van der Waals surface area contributed by atoms with Gasteiger partial charge in [0.15, 0.2) is 5.60 Å². The van der Waals surface area contributed by atoms with Crippen molar-refractivity contribution in [3.05, 3.63) is 41.0 Å². The van der Waals surface area contributed by atoms with E-state index in [1.54, 1.807) is 32.1 Å². The van der Waals surface area contributed by atoms with E-state index in [0.717, 1.165) is 12.8 Å². The van der Waals surface area contributed by atoms with E-state index in [4.69, 9.17) is 23.7 Å². The fourth-order valence-corrected chi connectivity index (χ4v) is 6.64. The SMILES string of the molecule is CC(=O)N[C@H]1[C@H]2O[C@](C(=O)O)(C/C=C/COCC(NC(=O)C3CCCOC3)COCCCOc3c(C)cc(cc3C)C(=O)NC[C@@H](O)[C@H]2O)C[C@@H]1O. The average Bonchev–Trinajstić information content (AvgIpc) is 3.10. The highest BCUT2D eigenvalue weighted by Crippen LogP contribution is 2.35. The molecule has 8 atom stereocenters. The van der Waals surface area contributed by atoms with E-state index in [0.29, 0.717) is 49.7 Å². The molecule has 2 unspecified atom stereocenters. The Morgan fingerprint density at radius 1 is 0.904 bits per heavy atom. The number of aliphatic carboxylic acids is 1. The number of ether oxygens (including phenoxy) is 5. The Morgan fingerprint density at radius 2 is 1.60 bits per heavy atom. The third kappa shape index (κ3) is 11.2. The van der Waals surface area contributed by atoms with Gasteiger partial charge in [-0.25, -0.2) is 4.79 Å². The lowest BCUT2D eigenvalue weighted by atomic mass is 9.81. The number of benzene rings is 1. The molecule has 4 heterocycles. The van der Waals surface area contributed by atoms with Crippen molar-refractivity contribution in [1.82, 2.24) is 16.0 Å². The van der Waals surface area contributed by atoms with Gasteiger partial charge in [-0.2, -0.15) is 0 Å². The highest BCUT2D eigenvalue weighted by molar-refractivity contribution is 5.95. The molecule has 0 aliphatic carbocycles. The molecule has 290 valence electrons. The number of carboxylic acids is 1. The van der Waals surface area contributed by atoms with Crippen LogP contribution < -0.4 is 20.7 Å². The summed E-state index contributed by atoms with van der Waals surface area (Å²) < 4.78 is 29.1. The molecule has 0 saturated carbocycles. The number of amides is 3. The summed E-state index contributed by atoms with van der Waals surface area (Å²) >= 11 is 0. The van der Waals surface area contributed by atoms with Crippen LogP contribution in [-0.4, -0.2) is 139 Å². The van der Waals surface area contributed by atoms with Crippen molar-refractivity contribution in [1.29, 1.82) is 0 Å². The normalized spacial score (nSPS) is 32.2. The molecule has 2 saturated heterocycles. The fraction of sp³-hybridized carbons (Fsp3) is 0.667. The lowest BCUT2D eigenvalue weighted by molar-refractivity contribution is -0.226. The van der Waals surface area contributed by atoms with Gasteiger partial charge in [0.05, 0.1) is 63.2 Å². The van der Waals surface area contributed by atoms with E-state index < -0.39 is 72.8 Å². The van der Waals surface area contributed by atoms with Crippen LogP contribution in [0.5, 0.6) is 5.75 Å². The Morgan fingerprint density at radius 3 is 2.27 bits per heavy atom. The molecular weight excluding hydrogens is 682 g/mol. The maximum atomic E-state index is 13.1. The summed E-state index contributed by atoms with van der Waals surface area (Å²) in [6.07, 6.45) is -2.13. The van der Waals surface area contributed by atoms with Gasteiger partial charge in [-0.15, -0.1) is 0 Å². The minimum absolute atomic E-state index is 0.0430. The highest BCUT2D eigenvalue weighted by atomic mass is 16.6. The Bertz CT molecular complexity index is 1390. The number of nitrogens with one attached hydrogen (secondary N) is 3. The van der Waals surface area contributed by atoms with E-state index in [1.807, 2.05) is 0 Å². The van der Waals surface area contributed by atoms with Crippen LogP contribution in [-0.2, 0) is 33.3 Å². The summed E-state index contributed by atoms with van der Waals surface area (Å²) in [5.41, 5.74) is -0.364. The third-order valence-electron chi connectivity index (χ3n) is 9.38. The first-order chi connectivity index (χ1) is 24.8. The first-order valence-corrected chi connectivity index (χ1v) is 17.7. The zero-order valence-electron chi connectivity index (χ0n) is 30.0. The first kappa shape index (κ1) is 41.1. The van der Waals surface area contributed by atoms with Crippen LogP contribution in [0.4, 0.5) is 0 Å². The molecule has 0 radical (unpaired) electrons. The summed E-state index contributed by atoms with van der Waals surface area (Å²) in [6, 6.07) is 1.51. The number of aryl methyl sites for hydroxylation is 2. The Kier molecular flexibility index (Phi) is 15.4. The molecule has 4 aliphatic rings. The number of carboxylic acid groups (broad SMARTS) is 1. The zero-order valence-corrected chi connectivity index (χ0v) is 30.0. The largest absolute Gasteiger partial charge is 0.493 e. The number of hydrogen-bond donors (Lipinski definition) is 7. The van der Waals surface area contributed by atoms with Gasteiger partial charge >= 0.3 is 5.97 Å². The minimum atomic E-state index is -2.04. The highest BCUT2D eigenvalue weighted by Gasteiger charge is 2.54. The Balaban J connectivity index is 1.56. The summed E-state index contributed by atoms with van der Waals surface area (Å²) in [6.45, 7) is 6.29. The second-order valence-corrected chi connectivity index (χ2v) is 13.7. The monoisotopic (exact) mass is 735 g/mol. The Labute approximate surface area is 303 Å². The van der Waals surface area contributed by atoms with Crippen LogP contribution in [0.15, 0.2) is 24.3 Å². The maximum absolute atomic E-state index is 13.1. The molecule has 7 N–H and O–H groups in total. The number of hydrogen-bond acceptors (Lipinski definition) is 12. The summed E-state index contributed by atoms with van der Waals surface area (Å²) in [7, 11) is 0. The van der Waals surface area contributed by atoms with E-state index >= 15 is 0 Å². The molecule has 3 amide bonds. The van der Waals surface area contributed by atoms with Gasteiger partial charge in [0.1, 0.15) is 18.0 Å². The fourth-order valence-electron chi connectivity index (χ4n) is 6.64. The number of rotatable bonds is 4. The average molecular weight is 736 g/mol. The van der Waals surface area contributed by atoms with Gasteiger partial charge < -0.3 is 60.1 Å². The smallest absolute Gasteiger partial charge is 0.336 e. The summed E-state index contributed by atoms with van der Waals surface area (Å²) in [4.78, 5) is 50.7. The predicted octanol–water partition coefficient (Wildman–Crippen LogP) is -0.0937. The van der Waals surface area contributed by atoms with Gasteiger partial charge in [-0.3, -0.25) is 14.4 Å². The molecular formula is C36H53N3O13. The molecule has 1 aromatic carbocycles. The summed E-state index contributed by atoms with van der Waals surface area (Å²) in [5.74, 6) is -2.37. The molecule has 2 fully saturated rings. The van der Waals surface area contributed by atoms with Crippen molar-refractivity contribution < 1.29 is 63.3 Å². The third-order valence-corrected chi connectivity index (χ3v) is 9.38. The Hall–Kier alpha value is -3.64. The number of fused-ring (bicyclic) bond motifs is 17. The van der Waals surface area contributed by atoms with Gasteiger partial charge in [0.2, 0.25) is 11.8 Å². The molecule has 52 heavy (non-hydrogen) atoms. The standard InChI is InChI=1S/C36H53N3O13/c1-21-14-25-15-22(2)31(21)51-13-7-12-50-20-26(39-34(45)24-8-6-11-48-18-24)19-49-10-5-4-9-36(35(46)47)16-27(41)29(38-23(3)40)32(52-36)30(43)28(42)17-37-33(25)44/h4-5,14-15,24,26-30,32,41-43H,6-13,16-20H2,1-3H3,(H,37,44)(H,38,40)(H,39,45)(H,46,47)/b5-4+/t24?,26?,27-,28+,29+,30+,32+,36+/m0/s1. The molecule has 5 rings (SSSR count). The molecule has 0 spiro atoms. The van der Waals surface area contributed by atoms with Gasteiger partial charge in [-0.05, 0) is 49.9 Å². The zero-order chi connectivity index (χ0) is 37.8. The van der Waals surface area contributed by atoms with Gasteiger partial charge in [0.25, 0.3) is 5.91 Å². The number of aliphatic hydroxyl groups is 3. The molecule has 4 aliphatic heterocycles. The number of carbonyl (C=O) groups is 4. The van der Waals surface area contributed by atoms with Crippen molar-refractivity contribution in [2.24, 2.45) is 5.92 Å². The van der Waals surface area contributed by atoms with Crippen molar-refractivity contribution in [3.8, 4) is 5.75 Å². The maximum Gasteiger partial charge on any atom is 0.336 e. The van der Waals surface area contributed by atoms with Crippen LogP contribution in [0, 0.1) is 19.8 Å². The van der Waals surface area contributed by atoms with Crippen LogP contribution in [0.25, 0.3) is 0 Å². The molecule has 16 heteroatoms. The number of aliphatic hydroxyl groups excluding tert-OH is 3. The molecule has 4 bridgehead atoms. The van der Waals surface area contributed by atoms with Crippen molar-refractivity contribution in [2.75, 3.05) is 52.8 Å². The lowest BCUT2D eigenvalue weighted by Gasteiger charge is -2.47. The minimum Gasteiger partial charge on any atom is -0.493 e. The van der Waals surface area contributed by atoms with Gasteiger partial charge in [0, 0.05) is 51.5 Å². The van der Waals surface area contributed by atoms with Crippen LogP contribution in [0.1, 0.15) is 60.5 Å². The molecule has 16 nitrogen and oxygen atoms in total. The van der Waals surface area contributed by atoms with Crippen LogP contribution in [0.3, 0.4) is 0 Å².